The first-order valence-electron chi connectivity index (χ1n) is 9.59. The summed E-state index contributed by atoms with van der Waals surface area (Å²) in [6.07, 6.45) is 0. The lowest BCUT2D eigenvalue weighted by Gasteiger charge is -2.13. The van der Waals surface area contributed by atoms with E-state index in [1.807, 2.05) is 0 Å². The highest BCUT2D eigenvalue weighted by atomic mass is 32.2. The molecule has 5 nitrogen and oxygen atoms in total. The predicted molar refractivity (Wildman–Crippen MR) is 118 cm³/mol. The normalized spacial score (nSPS) is 11.3. The molecule has 0 saturated heterocycles. The minimum atomic E-state index is -3.60. The van der Waals surface area contributed by atoms with E-state index in [-0.39, 0.29) is 22.1 Å². The molecule has 0 aliphatic carbocycles. The Kier molecular flexibility index (Phi) is 5.75. The van der Waals surface area contributed by atoms with Crippen molar-refractivity contribution in [2.24, 2.45) is 0 Å². The van der Waals surface area contributed by atoms with Gasteiger partial charge in [-0.2, -0.15) is 0 Å². The molecule has 0 aliphatic heterocycles. The molecule has 0 unspecified atom stereocenters. The van der Waals surface area contributed by atoms with Crippen molar-refractivity contribution in [1.82, 2.24) is 0 Å². The van der Waals surface area contributed by atoms with Crippen LogP contribution in [0.15, 0.2) is 107 Å². The molecule has 0 atom stereocenters. The average Bonchev–Trinajstić information content (AvgIpc) is 2.80. The predicted octanol–water partition coefficient (Wildman–Crippen LogP) is 5.18. The molecule has 0 saturated carbocycles. The van der Waals surface area contributed by atoms with Crippen LogP contribution in [0.5, 0.6) is 17.2 Å². The van der Waals surface area contributed by atoms with Crippen molar-refractivity contribution in [2.45, 2.75) is 16.4 Å². The third-order valence-corrected chi connectivity index (χ3v) is 6.65. The van der Waals surface area contributed by atoms with E-state index in [2.05, 4.69) is 0 Å². The van der Waals surface area contributed by atoms with Crippen LogP contribution in [0.1, 0.15) is 5.56 Å². The van der Waals surface area contributed by atoms with Crippen molar-refractivity contribution >= 4 is 9.84 Å². The Hall–Kier alpha value is -3.61. The molecule has 4 aromatic carbocycles. The van der Waals surface area contributed by atoms with E-state index >= 15 is 0 Å². The van der Waals surface area contributed by atoms with Crippen LogP contribution in [0.4, 0.5) is 0 Å². The fraction of sp³-hybridized carbons (Fsp3) is 0.0400. The summed E-state index contributed by atoms with van der Waals surface area (Å²) in [6.45, 7) is -0.185. The van der Waals surface area contributed by atoms with E-state index in [9.17, 15) is 18.6 Å². The first-order chi connectivity index (χ1) is 15.0. The maximum absolute atomic E-state index is 12.7. The van der Waals surface area contributed by atoms with Gasteiger partial charge in [-0.05, 0) is 65.7 Å². The summed E-state index contributed by atoms with van der Waals surface area (Å²) in [5.41, 5.74) is 1.89. The van der Waals surface area contributed by atoms with E-state index < -0.39 is 9.84 Å². The number of ether oxygens (including phenoxy) is 1. The van der Waals surface area contributed by atoms with Gasteiger partial charge in [-0.3, -0.25) is 0 Å². The van der Waals surface area contributed by atoms with Gasteiger partial charge in [-0.1, -0.05) is 42.5 Å². The molecule has 0 heterocycles. The number of aliphatic hydroxyl groups is 1. The molecular weight excluding hydrogens is 412 g/mol. The summed E-state index contributed by atoms with van der Waals surface area (Å²) >= 11 is 0. The van der Waals surface area contributed by atoms with Gasteiger partial charge in [0, 0.05) is 5.56 Å². The maximum Gasteiger partial charge on any atom is 0.206 e. The Morgan fingerprint density at radius 1 is 0.677 bits per heavy atom. The van der Waals surface area contributed by atoms with Crippen LogP contribution in [0, 0.1) is 0 Å². The van der Waals surface area contributed by atoms with Crippen LogP contribution in [-0.2, 0) is 16.4 Å². The zero-order chi connectivity index (χ0) is 21.8. The summed E-state index contributed by atoms with van der Waals surface area (Å²) in [4.78, 5) is 0.409. The number of phenols is 1. The Balaban J connectivity index is 1.62. The molecule has 0 aliphatic rings. The molecule has 2 N–H and O–H groups in total. The smallest absolute Gasteiger partial charge is 0.206 e. The molecule has 0 spiro atoms. The van der Waals surface area contributed by atoms with Crippen LogP contribution in [0.3, 0.4) is 0 Å². The number of sulfone groups is 1. The molecule has 0 bridgehead atoms. The maximum atomic E-state index is 12.7. The third-order valence-electron chi connectivity index (χ3n) is 4.87. The van der Waals surface area contributed by atoms with E-state index in [4.69, 9.17) is 4.74 Å². The highest BCUT2D eigenvalue weighted by Crippen LogP contribution is 2.35. The van der Waals surface area contributed by atoms with Crippen LogP contribution in [0.2, 0.25) is 0 Å². The SMILES string of the molecule is O=S(=O)(c1ccccc1)c1ccc(Oc2ccc(CO)c(-c3ccccc3O)c2)cc1. The molecule has 31 heavy (non-hydrogen) atoms. The average molecular weight is 432 g/mol. The zero-order valence-electron chi connectivity index (χ0n) is 16.5. The lowest BCUT2D eigenvalue weighted by Crippen LogP contribution is -2.01. The van der Waals surface area contributed by atoms with Crippen LogP contribution < -0.4 is 4.74 Å². The third kappa shape index (κ3) is 4.30. The van der Waals surface area contributed by atoms with E-state index in [0.717, 1.165) is 0 Å². The Bertz CT molecular complexity index is 1300. The molecule has 156 valence electrons. The number of aromatic hydroxyl groups is 1. The molecule has 4 rings (SSSR count). The van der Waals surface area contributed by atoms with Crippen molar-refractivity contribution in [3.05, 3.63) is 103 Å². The van der Waals surface area contributed by atoms with Gasteiger partial charge in [0.15, 0.2) is 0 Å². The van der Waals surface area contributed by atoms with Gasteiger partial charge in [0.2, 0.25) is 9.84 Å². The molecule has 0 radical (unpaired) electrons. The number of aliphatic hydroxyl groups excluding tert-OH is 1. The quantitative estimate of drug-likeness (QED) is 0.439. The van der Waals surface area contributed by atoms with E-state index in [1.54, 1.807) is 84.9 Å². The topological polar surface area (TPSA) is 83.8 Å². The standard InChI is InChI=1S/C25H20O5S/c26-17-18-10-11-20(16-24(18)23-8-4-5-9-25(23)27)30-19-12-14-22(15-13-19)31(28,29)21-6-2-1-3-7-21/h1-16,26-27H,17H2. The van der Waals surface area contributed by atoms with Crippen molar-refractivity contribution in [3.63, 3.8) is 0 Å². The summed E-state index contributed by atoms with van der Waals surface area (Å²) in [5, 5.41) is 19.9. The van der Waals surface area contributed by atoms with Crippen LogP contribution in [-0.4, -0.2) is 18.6 Å². The molecule has 4 aromatic rings. The van der Waals surface area contributed by atoms with Gasteiger partial charge in [-0.25, -0.2) is 8.42 Å². The molecule has 6 heteroatoms. The number of hydrogen-bond donors (Lipinski definition) is 2. The largest absolute Gasteiger partial charge is 0.507 e. The zero-order valence-corrected chi connectivity index (χ0v) is 17.3. The van der Waals surface area contributed by atoms with Crippen molar-refractivity contribution in [1.29, 1.82) is 0 Å². The second kappa shape index (κ2) is 8.63. The lowest BCUT2D eigenvalue weighted by atomic mass is 9.99. The van der Waals surface area contributed by atoms with Gasteiger partial charge >= 0.3 is 0 Å². The van der Waals surface area contributed by atoms with Crippen LogP contribution >= 0.6 is 0 Å². The number of phenolic OH excluding ortho intramolecular Hbond substituents is 1. The van der Waals surface area contributed by atoms with Crippen LogP contribution in [0.25, 0.3) is 11.1 Å². The number of para-hydroxylation sites is 1. The second-order valence-electron chi connectivity index (χ2n) is 6.88. The molecule has 0 fully saturated rings. The Labute approximate surface area is 180 Å². The highest BCUT2D eigenvalue weighted by Gasteiger charge is 2.17. The summed E-state index contributed by atoms with van der Waals surface area (Å²) < 4.78 is 31.3. The van der Waals surface area contributed by atoms with E-state index in [0.29, 0.717) is 28.2 Å². The minimum absolute atomic E-state index is 0.102. The molecule has 0 amide bonds. The van der Waals surface area contributed by atoms with Crippen molar-refractivity contribution in [2.75, 3.05) is 0 Å². The van der Waals surface area contributed by atoms with Gasteiger partial charge in [0.05, 0.1) is 16.4 Å². The summed E-state index contributed by atoms with van der Waals surface area (Å²) in [5.74, 6) is 1.06. The number of benzene rings is 4. The van der Waals surface area contributed by atoms with Gasteiger partial charge in [0.1, 0.15) is 17.2 Å². The second-order valence-corrected chi connectivity index (χ2v) is 8.83. The summed E-state index contributed by atoms with van der Waals surface area (Å²) in [7, 11) is -3.60. The fourth-order valence-electron chi connectivity index (χ4n) is 3.27. The van der Waals surface area contributed by atoms with Crippen molar-refractivity contribution in [3.8, 4) is 28.4 Å². The monoisotopic (exact) mass is 432 g/mol. The molecular formula is C25H20O5S. The first-order valence-corrected chi connectivity index (χ1v) is 11.1. The number of rotatable bonds is 6. The fourth-order valence-corrected chi connectivity index (χ4v) is 4.55. The minimum Gasteiger partial charge on any atom is -0.507 e. The van der Waals surface area contributed by atoms with Gasteiger partial charge in [0.25, 0.3) is 0 Å². The Morgan fingerprint density at radius 3 is 1.97 bits per heavy atom. The van der Waals surface area contributed by atoms with Gasteiger partial charge in [-0.15, -0.1) is 0 Å². The van der Waals surface area contributed by atoms with Crippen molar-refractivity contribution < 1.29 is 23.4 Å². The molecule has 0 aromatic heterocycles. The van der Waals surface area contributed by atoms with E-state index in [1.165, 1.54) is 12.1 Å². The summed E-state index contributed by atoms with van der Waals surface area (Å²) in [6, 6.07) is 26.5. The number of hydrogen-bond acceptors (Lipinski definition) is 5. The Morgan fingerprint density at radius 2 is 1.29 bits per heavy atom. The first kappa shape index (κ1) is 20.7. The highest BCUT2D eigenvalue weighted by molar-refractivity contribution is 7.91. The van der Waals surface area contributed by atoms with Gasteiger partial charge < -0.3 is 14.9 Å². The lowest BCUT2D eigenvalue weighted by molar-refractivity contribution is 0.282.